The average molecular weight is 472 g/mol. The van der Waals surface area contributed by atoms with Gasteiger partial charge in [-0.1, -0.05) is 31.2 Å². The molecule has 0 saturated heterocycles. The van der Waals surface area contributed by atoms with Crippen molar-refractivity contribution in [2.45, 2.75) is 25.8 Å². The molecule has 2 aromatic carbocycles. The molecule has 8 nitrogen and oxygen atoms in total. The number of hydrogen-bond acceptors (Lipinski definition) is 6. The van der Waals surface area contributed by atoms with Crippen LogP contribution in [-0.4, -0.2) is 68.5 Å². The van der Waals surface area contributed by atoms with Crippen LogP contribution in [0.4, 0.5) is 4.39 Å². The Balaban J connectivity index is 1.97. The number of amides is 2. The quantitative estimate of drug-likeness (QED) is 0.531. The minimum atomic E-state index is -0.497. The second kappa shape index (κ2) is 11.6. The van der Waals surface area contributed by atoms with Crippen molar-refractivity contribution in [3.63, 3.8) is 0 Å². The summed E-state index contributed by atoms with van der Waals surface area (Å²) in [6.07, 6.45) is 0.571. The average Bonchev–Trinajstić information content (AvgIpc) is 3.31. The van der Waals surface area contributed by atoms with E-state index >= 15 is 0 Å². The van der Waals surface area contributed by atoms with E-state index in [9.17, 15) is 14.0 Å². The monoisotopic (exact) mass is 471 g/mol. The van der Waals surface area contributed by atoms with Crippen LogP contribution >= 0.6 is 0 Å². The zero-order chi connectivity index (χ0) is 24.7. The molecule has 1 aliphatic heterocycles. The van der Waals surface area contributed by atoms with Crippen LogP contribution in [0.2, 0.25) is 0 Å². The largest absolute Gasteiger partial charge is 0.493 e. The van der Waals surface area contributed by atoms with E-state index in [0.717, 1.165) is 5.56 Å². The molecule has 34 heavy (non-hydrogen) atoms. The first-order valence-corrected chi connectivity index (χ1v) is 11.1. The number of benzene rings is 2. The summed E-state index contributed by atoms with van der Waals surface area (Å²) in [4.78, 5) is 27.2. The van der Waals surface area contributed by atoms with E-state index in [0.29, 0.717) is 35.8 Å². The Labute approximate surface area is 198 Å². The van der Waals surface area contributed by atoms with Crippen LogP contribution in [0.5, 0.6) is 11.5 Å². The minimum absolute atomic E-state index is 0.159. The summed E-state index contributed by atoms with van der Waals surface area (Å²) in [6.45, 7) is 2.17. The number of ether oxygens (including phenoxy) is 3. The van der Waals surface area contributed by atoms with Gasteiger partial charge in [-0.15, -0.1) is 0 Å². The van der Waals surface area contributed by atoms with Crippen LogP contribution in [0.3, 0.4) is 0 Å². The first kappa shape index (κ1) is 25.2. The third-order valence-electron chi connectivity index (χ3n) is 5.69. The molecule has 0 radical (unpaired) electrons. The van der Waals surface area contributed by atoms with Crippen molar-refractivity contribution in [3.05, 3.63) is 59.4 Å². The van der Waals surface area contributed by atoms with Gasteiger partial charge in [-0.2, -0.15) is 5.10 Å². The minimum Gasteiger partial charge on any atom is -0.493 e. The summed E-state index contributed by atoms with van der Waals surface area (Å²) in [5.41, 5.74) is 1.55. The van der Waals surface area contributed by atoms with Gasteiger partial charge in [0, 0.05) is 32.1 Å². The smallest absolute Gasteiger partial charge is 0.262 e. The van der Waals surface area contributed by atoms with E-state index in [1.54, 1.807) is 44.4 Å². The van der Waals surface area contributed by atoms with Crippen LogP contribution in [-0.2, 0) is 14.3 Å². The van der Waals surface area contributed by atoms with Crippen LogP contribution in [0.15, 0.2) is 47.6 Å². The van der Waals surface area contributed by atoms with Gasteiger partial charge in [-0.25, -0.2) is 9.40 Å². The summed E-state index contributed by atoms with van der Waals surface area (Å²) in [5, 5.41) is 5.85. The first-order chi connectivity index (χ1) is 16.4. The Morgan fingerprint density at radius 1 is 1.12 bits per heavy atom. The number of carbonyl (C=O) groups is 2. The van der Waals surface area contributed by atoms with Crippen LogP contribution in [0.25, 0.3) is 0 Å². The number of rotatable bonds is 10. The van der Waals surface area contributed by atoms with Gasteiger partial charge in [0.15, 0.2) is 11.5 Å². The number of methoxy groups -OCH3 is 3. The van der Waals surface area contributed by atoms with Gasteiger partial charge in [-0.05, 0) is 23.8 Å². The molecule has 0 spiro atoms. The number of carbonyl (C=O) groups excluding carboxylic acids is 2. The van der Waals surface area contributed by atoms with E-state index in [-0.39, 0.29) is 31.3 Å². The van der Waals surface area contributed by atoms with Gasteiger partial charge in [0.25, 0.3) is 5.91 Å². The Bertz CT molecular complexity index is 1060. The third-order valence-corrected chi connectivity index (χ3v) is 5.69. The molecule has 3 rings (SSSR count). The number of hydrazone groups is 1. The standard InChI is InChI=1S/C25H30FN3O5/c1-5-24(30)28(12-13-32-2)16-25(31)29-21(17-10-11-22(33-3)23(14-17)34-4)15-20(27-29)18-8-6-7-9-19(18)26/h6-11,14,21H,5,12-13,15-16H2,1-4H3. The van der Waals surface area contributed by atoms with E-state index in [4.69, 9.17) is 14.2 Å². The van der Waals surface area contributed by atoms with Crippen molar-refractivity contribution >= 4 is 17.5 Å². The molecule has 182 valence electrons. The molecule has 9 heteroatoms. The van der Waals surface area contributed by atoms with Gasteiger partial charge in [-0.3, -0.25) is 9.59 Å². The molecule has 0 N–H and O–H groups in total. The zero-order valence-electron chi connectivity index (χ0n) is 19.9. The summed E-state index contributed by atoms with van der Waals surface area (Å²) in [7, 11) is 4.61. The number of nitrogens with zero attached hydrogens (tertiary/aromatic N) is 3. The van der Waals surface area contributed by atoms with Crippen molar-refractivity contribution in [2.24, 2.45) is 5.10 Å². The lowest BCUT2D eigenvalue weighted by molar-refractivity contribution is -0.141. The van der Waals surface area contributed by atoms with Gasteiger partial charge in [0.1, 0.15) is 12.4 Å². The second-order valence-corrected chi connectivity index (χ2v) is 7.76. The Morgan fingerprint density at radius 2 is 1.85 bits per heavy atom. The van der Waals surface area contributed by atoms with Gasteiger partial charge >= 0.3 is 0 Å². The molecule has 1 heterocycles. The molecule has 0 saturated carbocycles. The molecule has 0 bridgehead atoms. The molecule has 2 aromatic rings. The predicted octanol–water partition coefficient (Wildman–Crippen LogP) is 3.41. The fraction of sp³-hybridized carbons (Fsp3) is 0.400. The molecule has 0 fully saturated rings. The van der Waals surface area contributed by atoms with Crippen molar-refractivity contribution in [3.8, 4) is 11.5 Å². The number of halogens is 1. The zero-order valence-corrected chi connectivity index (χ0v) is 19.9. The summed E-state index contributed by atoms with van der Waals surface area (Å²) in [6, 6.07) is 11.2. The molecule has 1 aliphatic rings. The molecule has 1 unspecified atom stereocenters. The van der Waals surface area contributed by atoms with Crippen molar-refractivity contribution in [1.82, 2.24) is 9.91 Å². The molecule has 0 aromatic heterocycles. The van der Waals surface area contributed by atoms with Crippen LogP contribution in [0, 0.1) is 5.82 Å². The highest BCUT2D eigenvalue weighted by atomic mass is 19.1. The molecular formula is C25H30FN3O5. The summed E-state index contributed by atoms with van der Waals surface area (Å²) < 4.78 is 30.4. The SMILES string of the molecule is CCC(=O)N(CCOC)CC(=O)N1N=C(c2ccccc2F)CC1c1ccc(OC)c(OC)c1. The summed E-state index contributed by atoms with van der Waals surface area (Å²) >= 11 is 0. The van der Waals surface area contributed by atoms with Gasteiger partial charge in [0.2, 0.25) is 5.91 Å². The lowest BCUT2D eigenvalue weighted by Gasteiger charge is -2.27. The highest BCUT2D eigenvalue weighted by Gasteiger charge is 2.35. The fourth-order valence-corrected chi connectivity index (χ4v) is 3.87. The summed E-state index contributed by atoms with van der Waals surface area (Å²) in [5.74, 6) is 0.116. The molecule has 2 amide bonds. The highest BCUT2D eigenvalue weighted by molar-refractivity contribution is 6.03. The Hall–Kier alpha value is -3.46. The molecule has 0 aliphatic carbocycles. The van der Waals surface area contributed by atoms with E-state index in [2.05, 4.69) is 5.10 Å². The molecular weight excluding hydrogens is 441 g/mol. The Morgan fingerprint density at radius 3 is 2.50 bits per heavy atom. The maximum atomic E-state index is 14.5. The third kappa shape index (κ3) is 5.53. The van der Waals surface area contributed by atoms with E-state index in [1.165, 1.54) is 30.2 Å². The van der Waals surface area contributed by atoms with Crippen LogP contribution in [0.1, 0.15) is 36.9 Å². The van der Waals surface area contributed by atoms with Crippen molar-refractivity contribution in [1.29, 1.82) is 0 Å². The predicted molar refractivity (Wildman–Crippen MR) is 125 cm³/mol. The van der Waals surface area contributed by atoms with Crippen LogP contribution < -0.4 is 9.47 Å². The van der Waals surface area contributed by atoms with E-state index in [1.807, 2.05) is 6.07 Å². The highest BCUT2D eigenvalue weighted by Crippen LogP contribution is 2.37. The van der Waals surface area contributed by atoms with E-state index < -0.39 is 11.9 Å². The van der Waals surface area contributed by atoms with Gasteiger partial charge < -0.3 is 19.1 Å². The lowest BCUT2D eigenvalue weighted by atomic mass is 9.97. The van der Waals surface area contributed by atoms with Gasteiger partial charge in [0.05, 0.1) is 32.6 Å². The Kier molecular flexibility index (Phi) is 8.59. The first-order valence-electron chi connectivity index (χ1n) is 11.1. The fourth-order valence-electron chi connectivity index (χ4n) is 3.87. The lowest BCUT2D eigenvalue weighted by Crippen LogP contribution is -2.42. The molecule has 1 atom stereocenters. The maximum Gasteiger partial charge on any atom is 0.262 e. The normalized spacial score (nSPS) is 15.1. The topological polar surface area (TPSA) is 80.7 Å². The van der Waals surface area contributed by atoms with Crippen molar-refractivity contribution in [2.75, 3.05) is 41.0 Å². The van der Waals surface area contributed by atoms with Crippen molar-refractivity contribution < 1.29 is 28.2 Å². The maximum absolute atomic E-state index is 14.5. The number of hydrogen-bond donors (Lipinski definition) is 0. The second-order valence-electron chi connectivity index (χ2n) is 7.76.